The van der Waals surface area contributed by atoms with Gasteiger partial charge in [0.15, 0.2) is 0 Å². The minimum Gasteiger partial charge on any atom is -0.485 e. The van der Waals surface area contributed by atoms with E-state index in [1.54, 1.807) is 18.2 Å². The van der Waals surface area contributed by atoms with Gasteiger partial charge in [0.2, 0.25) is 0 Å². The number of halogens is 4. The molecule has 0 saturated carbocycles. The maximum absolute atomic E-state index is 13.3. The van der Waals surface area contributed by atoms with Gasteiger partial charge in [-0.05, 0) is 29.8 Å². The quantitative estimate of drug-likeness (QED) is 0.836. The van der Waals surface area contributed by atoms with Crippen molar-refractivity contribution in [3.05, 3.63) is 63.9 Å². The Balaban J connectivity index is 0.00000176. The summed E-state index contributed by atoms with van der Waals surface area (Å²) in [6, 6.07) is 11.6. The summed E-state index contributed by atoms with van der Waals surface area (Å²) in [6.45, 7) is 1.72. The Labute approximate surface area is 145 Å². The number of benzene rings is 2. The molecule has 1 aliphatic rings. The molecule has 0 aliphatic carbocycles. The van der Waals surface area contributed by atoms with Crippen molar-refractivity contribution in [2.75, 3.05) is 13.1 Å². The van der Waals surface area contributed by atoms with Gasteiger partial charge in [-0.2, -0.15) is 0 Å². The Morgan fingerprint density at radius 1 is 1.09 bits per heavy atom. The molecule has 3 rings (SSSR count). The SMILES string of the molecule is Cl.Fc1cccc(O[C@@H](c2ccc(Cl)c(Cl)c2)C2CNC2)c1. The highest BCUT2D eigenvalue weighted by Gasteiger charge is 2.30. The molecule has 1 aliphatic heterocycles. The summed E-state index contributed by atoms with van der Waals surface area (Å²) in [5.74, 6) is 0.524. The van der Waals surface area contributed by atoms with Crippen LogP contribution in [0.3, 0.4) is 0 Å². The van der Waals surface area contributed by atoms with E-state index >= 15 is 0 Å². The molecule has 0 radical (unpaired) electrons. The van der Waals surface area contributed by atoms with Gasteiger partial charge < -0.3 is 10.1 Å². The zero-order valence-electron chi connectivity index (χ0n) is 11.6. The minimum absolute atomic E-state index is 0. The fraction of sp³-hybridized carbons (Fsp3) is 0.250. The molecule has 0 amide bonds. The number of hydrogen-bond acceptors (Lipinski definition) is 2. The Morgan fingerprint density at radius 2 is 1.86 bits per heavy atom. The van der Waals surface area contributed by atoms with Gasteiger partial charge in [0.25, 0.3) is 0 Å². The zero-order valence-corrected chi connectivity index (χ0v) is 13.9. The van der Waals surface area contributed by atoms with Gasteiger partial charge in [-0.3, -0.25) is 0 Å². The highest BCUT2D eigenvalue weighted by Crippen LogP contribution is 2.34. The van der Waals surface area contributed by atoms with Crippen molar-refractivity contribution >= 4 is 35.6 Å². The van der Waals surface area contributed by atoms with Crippen LogP contribution in [0.15, 0.2) is 42.5 Å². The van der Waals surface area contributed by atoms with E-state index in [0.717, 1.165) is 18.7 Å². The second-order valence-electron chi connectivity index (χ2n) is 5.09. The molecule has 118 valence electrons. The van der Waals surface area contributed by atoms with E-state index in [0.29, 0.717) is 21.7 Å². The largest absolute Gasteiger partial charge is 0.485 e. The molecule has 0 aromatic heterocycles. The lowest BCUT2D eigenvalue weighted by Gasteiger charge is -2.35. The highest BCUT2D eigenvalue weighted by molar-refractivity contribution is 6.42. The van der Waals surface area contributed by atoms with E-state index in [2.05, 4.69) is 5.32 Å². The molecule has 22 heavy (non-hydrogen) atoms. The lowest BCUT2D eigenvalue weighted by Crippen LogP contribution is -2.46. The lowest BCUT2D eigenvalue weighted by atomic mass is 9.91. The molecule has 1 saturated heterocycles. The number of nitrogens with one attached hydrogen (secondary N) is 1. The second-order valence-corrected chi connectivity index (χ2v) is 5.90. The summed E-state index contributed by atoms with van der Waals surface area (Å²) in [6.07, 6.45) is -0.178. The van der Waals surface area contributed by atoms with E-state index in [1.165, 1.54) is 12.1 Å². The monoisotopic (exact) mass is 361 g/mol. The van der Waals surface area contributed by atoms with Crippen LogP contribution in [0.4, 0.5) is 4.39 Å². The van der Waals surface area contributed by atoms with Crippen LogP contribution in [-0.4, -0.2) is 13.1 Å². The summed E-state index contributed by atoms with van der Waals surface area (Å²) in [5, 5.41) is 4.23. The molecule has 0 unspecified atom stereocenters. The predicted octanol–water partition coefficient (Wildman–Crippen LogP) is 4.89. The Morgan fingerprint density at radius 3 is 2.45 bits per heavy atom. The minimum atomic E-state index is -0.313. The summed E-state index contributed by atoms with van der Waals surface area (Å²) in [4.78, 5) is 0. The van der Waals surface area contributed by atoms with Crippen LogP contribution in [0.1, 0.15) is 11.7 Å². The van der Waals surface area contributed by atoms with Gasteiger partial charge in [-0.1, -0.05) is 35.3 Å². The standard InChI is InChI=1S/C16H14Cl2FNO.ClH/c17-14-5-4-10(6-15(14)18)16(11-8-20-9-11)21-13-3-1-2-12(19)7-13;/h1-7,11,16,20H,8-9H2;1H/t16-;/m0./s1. The van der Waals surface area contributed by atoms with E-state index in [1.807, 2.05) is 12.1 Å². The summed E-state index contributed by atoms with van der Waals surface area (Å²) in [7, 11) is 0. The van der Waals surface area contributed by atoms with Gasteiger partial charge in [-0.25, -0.2) is 4.39 Å². The van der Waals surface area contributed by atoms with Gasteiger partial charge in [-0.15, -0.1) is 12.4 Å². The average molecular weight is 363 g/mol. The van der Waals surface area contributed by atoms with Crippen molar-refractivity contribution in [3.63, 3.8) is 0 Å². The Bertz CT molecular complexity index is 649. The Kier molecular flexibility index (Phi) is 5.93. The third-order valence-corrected chi connectivity index (χ3v) is 4.31. The van der Waals surface area contributed by atoms with Crippen molar-refractivity contribution in [3.8, 4) is 5.75 Å². The maximum atomic E-state index is 13.3. The number of ether oxygens (including phenoxy) is 1. The van der Waals surface area contributed by atoms with Gasteiger partial charge in [0.1, 0.15) is 17.7 Å². The van der Waals surface area contributed by atoms with Crippen LogP contribution in [0.2, 0.25) is 10.0 Å². The van der Waals surface area contributed by atoms with Crippen LogP contribution in [0, 0.1) is 11.7 Å². The van der Waals surface area contributed by atoms with Crippen LogP contribution < -0.4 is 10.1 Å². The molecule has 1 atom stereocenters. The normalized spacial score (nSPS) is 15.6. The van der Waals surface area contributed by atoms with Crippen LogP contribution in [0.5, 0.6) is 5.75 Å². The van der Waals surface area contributed by atoms with Crippen molar-refractivity contribution < 1.29 is 9.13 Å². The maximum Gasteiger partial charge on any atom is 0.129 e. The molecule has 2 nitrogen and oxygen atoms in total. The van der Waals surface area contributed by atoms with Crippen molar-refractivity contribution in [2.24, 2.45) is 5.92 Å². The Hall–Kier alpha value is -1.00. The lowest BCUT2D eigenvalue weighted by molar-refractivity contribution is 0.0990. The van der Waals surface area contributed by atoms with Crippen molar-refractivity contribution in [2.45, 2.75) is 6.10 Å². The van der Waals surface area contributed by atoms with Crippen molar-refractivity contribution in [1.82, 2.24) is 5.32 Å². The summed E-state index contributed by atoms with van der Waals surface area (Å²) < 4.78 is 19.3. The molecule has 0 spiro atoms. The number of rotatable bonds is 4. The van der Waals surface area contributed by atoms with Crippen molar-refractivity contribution in [1.29, 1.82) is 0 Å². The van der Waals surface area contributed by atoms with Crippen LogP contribution in [0.25, 0.3) is 0 Å². The third kappa shape index (κ3) is 3.85. The first-order valence-corrected chi connectivity index (χ1v) is 7.47. The first-order valence-electron chi connectivity index (χ1n) is 6.71. The summed E-state index contributed by atoms with van der Waals surface area (Å²) >= 11 is 12.0. The molecule has 2 aromatic rings. The van der Waals surface area contributed by atoms with E-state index in [-0.39, 0.29) is 24.3 Å². The number of hydrogen-bond donors (Lipinski definition) is 1. The molecule has 1 N–H and O–H groups in total. The van der Waals surface area contributed by atoms with Crippen LogP contribution >= 0.6 is 35.6 Å². The predicted molar refractivity (Wildman–Crippen MR) is 89.8 cm³/mol. The summed E-state index contributed by atoms with van der Waals surface area (Å²) in [5.41, 5.74) is 0.945. The highest BCUT2D eigenvalue weighted by atomic mass is 35.5. The second kappa shape index (κ2) is 7.51. The molecule has 2 aromatic carbocycles. The average Bonchev–Trinajstić information content (AvgIpc) is 2.39. The molecule has 0 bridgehead atoms. The van der Waals surface area contributed by atoms with Gasteiger partial charge >= 0.3 is 0 Å². The smallest absolute Gasteiger partial charge is 0.129 e. The van der Waals surface area contributed by atoms with E-state index < -0.39 is 0 Å². The zero-order chi connectivity index (χ0) is 14.8. The fourth-order valence-corrected chi connectivity index (χ4v) is 2.64. The topological polar surface area (TPSA) is 21.3 Å². The molecule has 1 heterocycles. The van der Waals surface area contributed by atoms with Gasteiger partial charge in [0.05, 0.1) is 10.0 Å². The van der Waals surface area contributed by atoms with E-state index in [9.17, 15) is 4.39 Å². The fourth-order valence-electron chi connectivity index (χ4n) is 2.34. The van der Waals surface area contributed by atoms with E-state index in [4.69, 9.17) is 27.9 Å². The molecular weight excluding hydrogens is 348 g/mol. The van der Waals surface area contributed by atoms with Crippen LogP contribution in [-0.2, 0) is 0 Å². The van der Waals surface area contributed by atoms with Gasteiger partial charge in [0, 0.05) is 25.1 Å². The molecule has 6 heteroatoms. The molecular formula is C16H15Cl3FNO. The third-order valence-electron chi connectivity index (χ3n) is 3.57. The molecule has 1 fully saturated rings. The first-order chi connectivity index (χ1) is 10.1. The first kappa shape index (κ1) is 17.4.